The molecule has 2 aromatic carbocycles. The Balaban J connectivity index is 1.38. The molecule has 1 aromatic heterocycles. The molecule has 1 N–H and O–H groups in total. The zero-order valence-corrected chi connectivity index (χ0v) is 14.7. The minimum absolute atomic E-state index is 0.112. The predicted octanol–water partition coefficient (Wildman–Crippen LogP) is 4.53. The molecule has 4 heteroatoms. The number of H-pyrrole nitrogens is 1. The molecule has 1 fully saturated rings. The Bertz CT molecular complexity index is 869. The van der Waals surface area contributed by atoms with Crippen molar-refractivity contribution in [3.05, 3.63) is 72.2 Å². The van der Waals surface area contributed by atoms with E-state index in [1.807, 2.05) is 30.5 Å². The number of ketones is 1. The van der Waals surface area contributed by atoms with Gasteiger partial charge >= 0.3 is 0 Å². The van der Waals surface area contributed by atoms with Crippen molar-refractivity contribution < 1.29 is 9.53 Å². The molecule has 0 amide bonds. The second kappa shape index (κ2) is 7.56. The SMILES string of the molecule is O=C1CCCC1c1ccc(CCOc2ccccc2-c2c[nH]cn2)cc1. The molecule has 0 aliphatic heterocycles. The van der Waals surface area contributed by atoms with Gasteiger partial charge in [-0.1, -0.05) is 36.4 Å². The summed E-state index contributed by atoms with van der Waals surface area (Å²) < 4.78 is 6.00. The van der Waals surface area contributed by atoms with Crippen LogP contribution in [0.3, 0.4) is 0 Å². The Morgan fingerprint density at radius 1 is 1.12 bits per heavy atom. The lowest BCUT2D eigenvalue weighted by atomic mass is 9.95. The van der Waals surface area contributed by atoms with E-state index in [-0.39, 0.29) is 5.92 Å². The first-order valence-corrected chi connectivity index (χ1v) is 9.14. The van der Waals surface area contributed by atoms with Crippen molar-refractivity contribution >= 4 is 5.78 Å². The molecule has 0 saturated heterocycles. The minimum Gasteiger partial charge on any atom is -0.493 e. The maximum atomic E-state index is 11.9. The number of rotatable bonds is 6. The van der Waals surface area contributed by atoms with Crippen molar-refractivity contribution in [3.8, 4) is 17.0 Å². The fraction of sp³-hybridized carbons (Fsp3) is 0.273. The average Bonchev–Trinajstić information content (AvgIpc) is 3.35. The van der Waals surface area contributed by atoms with Gasteiger partial charge in [-0.3, -0.25) is 4.79 Å². The number of aromatic amines is 1. The third-order valence-electron chi connectivity index (χ3n) is 5.00. The van der Waals surface area contributed by atoms with E-state index in [9.17, 15) is 4.79 Å². The van der Waals surface area contributed by atoms with Gasteiger partial charge in [0, 0.05) is 30.5 Å². The molecule has 1 heterocycles. The average molecular weight is 346 g/mol. The normalized spacial score (nSPS) is 16.8. The fourth-order valence-electron chi connectivity index (χ4n) is 3.58. The van der Waals surface area contributed by atoms with Crippen molar-refractivity contribution in [1.29, 1.82) is 0 Å². The van der Waals surface area contributed by atoms with Gasteiger partial charge in [-0.15, -0.1) is 0 Å². The first kappa shape index (κ1) is 16.6. The Morgan fingerprint density at radius 2 is 1.96 bits per heavy atom. The smallest absolute Gasteiger partial charge is 0.140 e. The summed E-state index contributed by atoms with van der Waals surface area (Å²) in [5, 5.41) is 0. The second-order valence-corrected chi connectivity index (χ2v) is 6.70. The van der Waals surface area contributed by atoms with Crippen LogP contribution >= 0.6 is 0 Å². The fourth-order valence-corrected chi connectivity index (χ4v) is 3.58. The molecule has 1 aliphatic rings. The van der Waals surface area contributed by atoms with Gasteiger partial charge in [0.1, 0.15) is 11.5 Å². The van der Waals surface area contributed by atoms with Crippen LogP contribution in [-0.4, -0.2) is 22.4 Å². The van der Waals surface area contributed by atoms with Crippen LogP contribution < -0.4 is 4.74 Å². The van der Waals surface area contributed by atoms with Gasteiger partial charge in [0.05, 0.1) is 18.6 Å². The van der Waals surface area contributed by atoms with E-state index in [1.54, 1.807) is 6.33 Å². The number of ether oxygens (including phenoxy) is 1. The lowest BCUT2D eigenvalue weighted by Crippen LogP contribution is -2.05. The van der Waals surface area contributed by atoms with Crippen molar-refractivity contribution in [2.24, 2.45) is 0 Å². The summed E-state index contributed by atoms with van der Waals surface area (Å²) >= 11 is 0. The highest BCUT2D eigenvalue weighted by atomic mass is 16.5. The van der Waals surface area contributed by atoms with E-state index in [0.717, 1.165) is 48.3 Å². The number of aromatic nitrogens is 2. The van der Waals surface area contributed by atoms with Crippen LogP contribution in [-0.2, 0) is 11.2 Å². The highest BCUT2D eigenvalue weighted by Crippen LogP contribution is 2.31. The number of Topliss-reactive ketones (excluding diaryl/α,β-unsaturated/α-hetero) is 1. The molecule has 0 spiro atoms. The summed E-state index contributed by atoms with van der Waals surface area (Å²) in [4.78, 5) is 19.2. The van der Waals surface area contributed by atoms with Crippen LogP contribution in [0, 0.1) is 0 Å². The highest BCUT2D eigenvalue weighted by molar-refractivity contribution is 5.87. The molecule has 1 saturated carbocycles. The van der Waals surface area contributed by atoms with Crippen molar-refractivity contribution in [2.45, 2.75) is 31.6 Å². The van der Waals surface area contributed by atoms with Crippen molar-refractivity contribution in [2.75, 3.05) is 6.61 Å². The summed E-state index contributed by atoms with van der Waals surface area (Å²) in [6.45, 7) is 0.600. The Hall–Kier alpha value is -2.88. The molecule has 0 radical (unpaired) electrons. The number of nitrogens with one attached hydrogen (secondary N) is 1. The van der Waals surface area contributed by atoms with Gasteiger partial charge in [0.15, 0.2) is 0 Å². The lowest BCUT2D eigenvalue weighted by Gasteiger charge is -2.11. The molecule has 0 bridgehead atoms. The summed E-state index contributed by atoms with van der Waals surface area (Å²) in [6, 6.07) is 16.4. The van der Waals surface area contributed by atoms with E-state index >= 15 is 0 Å². The van der Waals surface area contributed by atoms with Gasteiger partial charge in [-0.2, -0.15) is 0 Å². The van der Waals surface area contributed by atoms with Crippen LogP contribution in [0.4, 0.5) is 0 Å². The van der Waals surface area contributed by atoms with Gasteiger partial charge in [0.25, 0.3) is 0 Å². The predicted molar refractivity (Wildman–Crippen MR) is 101 cm³/mol. The molecule has 4 nitrogen and oxygen atoms in total. The molecule has 1 atom stereocenters. The molecule has 3 aromatic rings. The van der Waals surface area contributed by atoms with Crippen LogP contribution in [0.2, 0.25) is 0 Å². The topological polar surface area (TPSA) is 55.0 Å². The molecule has 1 unspecified atom stereocenters. The third kappa shape index (κ3) is 3.54. The zero-order chi connectivity index (χ0) is 17.8. The summed E-state index contributed by atoms with van der Waals surface area (Å²) in [5.41, 5.74) is 4.24. The first-order valence-electron chi connectivity index (χ1n) is 9.14. The van der Waals surface area contributed by atoms with Gasteiger partial charge in [-0.25, -0.2) is 4.98 Å². The van der Waals surface area contributed by atoms with Crippen molar-refractivity contribution in [1.82, 2.24) is 9.97 Å². The zero-order valence-electron chi connectivity index (χ0n) is 14.7. The van der Waals surface area contributed by atoms with Crippen LogP contribution in [0.15, 0.2) is 61.1 Å². The standard InChI is InChI=1S/C22H22N2O2/c25-21-6-3-5-18(21)17-10-8-16(9-11-17)12-13-26-22-7-2-1-4-19(22)20-14-23-15-24-20/h1-2,4,7-11,14-15,18H,3,5-6,12-13H2,(H,23,24). The monoisotopic (exact) mass is 346 g/mol. The summed E-state index contributed by atoms with van der Waals surface area (Å²) in [7, 11) is 0. The highest BCUT2D eigenvalue weighted by Gasteiger charge is 2.25. The largest absolute Gasteiger partial charge is 0.493 e. The Morgan fingerprint density at radius 3 is 2.69 bits per heavy atom. The number of hydrogen-bond donors (Lipinski definition) is 1. The quantitative estimate of drug-likeness (QED) is 0.713. The van der Waals surface area contributed by atoms with Gasteiger partial charge in [-0.05, 0) is 36.1 Å². The number of carbonyl (C=O) groups excluding carboxylic acids is 1. The molecular formula is C22H22N2O2. The Labute approximate surface area is 153 Å². The summed E-state index contributed by atoms with van der Waals surface area (Å²) in [6.07, 6.45) is 7.11. The first-order chi connectivity index (χ1) is 12.8. The van der Waals surface area contributed by atoms with Gasteiger partial charge < -0.3 is 9.72 Å². The van der Waals surface area contributed by atoms with E-state index < -0.39 is 0 Å². The maximum absolute atomic E-state index is 11.9. The molecular weight excluding hydrogens is 324 g/mol. The van der Waals surface area contributed by atoms with E-state index in [0.29, 0.717) is 12.4 Å². The lowest BCUT2D eigenvalue weighted by molar-refractivity contribution is -0.118. The number of nitrogens with zero attached hydrogens (tertiary/aromatic N) is 1. The molecule has 1 aliphatic carbocycles. The van der Waals surface area contributed by atoms with Crippen LogP contribution in [0.25, 0.3) is 11.3 Å². The molecule has 26 heavy (non-hydrogen) atoms. The number of para-hydroxylation sites is 1. The number of hydrogen-bond acceptors (Lipinski definition) is 3. The summed E-state index contributed by atoms with van der Waals surface area (Å²) in [5.74, 6) is 1.34. The van der Waals surface area contributed by atoms with Crippen LogP contribution in [0.1, 0.15) is 36.3 Å². The third-order valence-corrected chi connectivity index (χ3v) is 5.00. The number of benzene rings is 2. The van der Waals surface area contributed by atoms with E-state index in [4.69, 9.17) is 4.74 Å². The number of imidazole rings is 1. The Kier molecular flexibility index (Phi) is 4.82. The van der Waals surface area contributed by atoms with E-state index in [2.05, 4.69) is 34.2 Å². The molecule has 132 valence electrons. The molecule has 4 rings (SSSR count). The maximum Gasteiger partial charge on any atom is 0.140 e. The van der Waals surface area contributed by atoms with Crippen LogP contribution in [0.5, 0.6) is 5.75 Å². The van der Waals surface area contributed by atoms with Crippen molar-refractivity contribution in [3.63, 3.8) is 0 Å². The second-order valence-electron chi connectivity index (χ2n) is 6.70. The number of carbonyl (C=O) groups is 1. The van der Waals surface area contributed by atoms with E-state index in [1.165, 1.54) is 5.56 Å². The van der Waals surface area contributed by atoms with Gasteiger partial charge in [0.2, 0.25) is 0 Å². The minimum atomic E-state index is 0.112.